The maximum Gasteiger partial charge on any atom is 0.333 e. The lowest BCUT2D eigenvalue weighted by molar-refractivity contribution is -0.113. The molecule has 0 saturated heterocycles. The zero-order chi connectivity index (χ0) is 24.3. The Kier molecular flexibility index (Phi) is 7.17. The Bertz CT molecular complexity index is 1340. The Morgan fingerprint density at radius 3 is 2.27 bits per heavy atom. The summed E-state index contributed by atoms with van der Waals surface area (Å²) >= 11 is 0.917. The second-order valence-electron chi connectivity index (χ2n) is 7.51. The summed E-state index contributed by atoms with van der Waals surface area (Å²) in [4.78, 5) is 41.9. The summed E-state index contributed by atoms with van der Waals surface area (Å²) < 4.78 is 15.1. The topological polar surface area (TPSA) is 106 Å². The maximum absolute atomic E-state index is 13.3. The Morgan fingerprint density at radius 2 is 1.67 bits per heavy atom. The number of aromatic nitrogens is 2. The zero-order valence-corrected chi connectivity index (χ0v) is 19.4. The molecule has 33 heavy (non-hydrogen) atoms. The van der Waals surface area contributed by atoms with Gasteiger partial charge < -0.3 is 10.4 Å². The van der Waals surface area contributed by atoms with Gasteiger partial charge in [-0.1, -0.05) is 17.8 Å². The van der Waals surface area contributed by atoms with Crippen molar-refractivity contribution in [1.82, 2.24) is 9.13 Å². The summed E-state index contributed by atoms with van der Waals surface area (Å²) in [7, 11) is 2.59. The van der Waals surface area contributed by atoms with Crippen molar-refractivity contribution in [3.8, 4) is 5.88 Å². The normalized spacial score (nSPS) is 11.5. The molecular formula is C23H23FN4O4S. The average Bonchev–Trinajstić information content (AvgIpc) is 2.75. The number of carbonyl (C=O) groups is 1. The maximum atomic E-state index is 13.3. The molecule has 0 spiro atoms. The van der Waals surface area contributed by atoms with Crippen LogP contribution < -0.4 is 16.6 Å². The molecule has 8 nitrogen and oxygen atoms in total. The third kappa shape index (κ3) is 5.58. The van der Waals surface area contributed by atoms with Gasteiger partial charge in [0, 0.05) is 19.8 Å². The van der Waals surface area contributed by atoms with Gasteiger partial charge >= 0.3 is 5.69 Å². The third-order valence-corrected chi connectivity index (χ3v) is 5.73. The molecule has 0 aliphatic heterocycles. The van der Waals surface area contributed by atoms with Crippen molar-refractivity contribution in [3.63, 3.8) is 0 Å². The van der Waals surface area contributed by atoms with Gasteiger partial charge in [0.2, 0.25) is 11.8 Å². The molecule has 0 bridgehead atoms. The summed E-state index contributed by atoms with van der Waals surface area (Å²) in [6.45, 7) is 3.84. The van der Waals surface area contributed by atoms with Gasteiger partial charge in [0.25, 0.3) is 5.56 Å². The van der Waals surface area contributed by atoms with Crippen LogP contribution in [0.25, 0.3) is 0 Å². The Labute approximate surface area is 193 Å². The highest BCUT2D eigenvalue weighted by molar-refractivity contribution is 8.15. The average molecular weight is 471 g/mol. The Balaban J connectivity index is 1.97. The van der Waals surface area contributed by atoms with Crippen LogP contribution in [0.4, 0.5) is 15.8 Å². The van der Waals surface area contributed by atoms with Crippen LogP contribution in [0, 0.1) is 19.7 Å². The van der Waals surface area contributed by atoms with E-state index in [9.17, 15) is 23.9 Å². The Morgan fingerprint density at radius 1 is 1.06 bits per heavy atom. The molecule has 0 fully saturated rings. The number of hydrogen-bond acceptors (Lipinski definition) is 6. The summed E-state index contributed by atoms with van der Waals surface area (Å²) in [6, 6.07) is 10.8. The molecule has 3 rings (SSSR count). The molecule has 0 saturated carbocycles. The quantitative estimate of drug-likeness (QED) is 0.441. The molecule has 0 atom stereocenters. The number of rotatable bonds is 5. The number of benzene rings is 2. The van der Waals surface area contributed by atoms with Crippen LogP contribution in [0.3, 0.4) is 0 Å². The lowest BCUT2D eigenvalue weighted by Crippen LogP contribution is -2.39. The number of aliphatic imine (C=N–C) groups is 1. The molecule has 0 radical (unpaired) electrons. The van der Waals surface area contributed by atoms with E-state index in [4.69, 9.17) is 0 Å². The highest BCUT2D eigenvalue weighted by atomic mass is 32.2. The number of nitrogens with one attached hydrogen (secondary N) is 1. The van der Waals surface area contributed by atoms with Crippen molar-refractivity contribution >= 4 is 34.1 Å². The molecule has 1 heterocycles. The van der Waals surface area contributed by atoms with Gasteiger partial charge in [0.15, 0.2) is 0 Å². The predicted molar refractivity (Wildman–Crippen MR) is 128 cm³/mol. The minimum Gasteiger partial charge on any atom is -0.494 e. The first kappa shape index (κ1) is 24.0. The van der Waals surface area contributed by atoms with Crippen LogP contribution in [0.2, 0.25) is 0 Å². The molecule has 0 aliphatic rings. The van der Waals surface area contributed by atoms with E-state index < -0.39 is 22.9 Å². The highest BCUT2D eigenvalue weighted by Crippen LogP contribution is 2.24. The van der Waals surface area contributed by atoms with E-state index in [1.165, 1.54) is 38.4 Å². The van der Waals surface area contributed by atoms with E-state index in [0.29, 0.717) is 11.4 Å². The zero-order valence-electron chi connectivity index (χ0n) is 18.5. The molecule has 0 aliphatic carbocycles. The summed E-state index contributed by atoms with van der Waals surface area (Å²) in [6.07, 6.45) is 0. The van der Waals surface area contributed by atoms with Crippen LogP contribution in [-0.2, 0) is 18.9 Å². The van der Waals surface area contributed by atoms with Crippen LogP contribution in [0.1, 0.15) is 16.7 Å². The SMILES string of the molecule is Cc1cc(C)cc(NC(=O)CSC(=Nc2ccc(F)cc2)c2c(O)n(C)c(=O)n(C)c2=O)c1. The van der Waals surface area contributed by atoms with Gasteiger partial charge in [-0.05, 0) is 61.4 Å². The fourth-order valence-electron chi connectivity index (χ4n) is 3.19. The summed E-state index contributed by atoms with van der Waals surface area (Å²) in [5.74, 6) is -1.51. The lowest BCUT2D eigenvalue weighted by atomic mass is 10.1. The molecule has 2 N–H and O–H groups in total. The van der Waals surface area contributed by atoms with E-state index in [1.807, 2.05) is 32.0 Å². The fourth-order valence-corrected chi connectivity index (χ4v) is 4.02. The molecule has 1 amide bonds. The lowest BCUT2D eigenvalue weighted by Gasteiger charge is -2.13. The van der Waals surface area contributed by atoms with Gasteiger partial charge in [-0.25, -0.2) is 14.2 Å². The summed E-state index contributed by atoms with van der Waals surface area (Å²) in [5.41, 5.74) is 1.23. The van der Waals surface area contributed by atoms with Gasteiger partial charge in [-0.2, -0.15) is 0 Å². The number of hydrogen-bond donors (Lipinski definition) is 2. The first-order valence-electron chi connectivity index (χ1n) is 9.91. The van der Waals surface area contributed by atoms with Crippen LogP contribution in [-0.4, -0.2) is 30.9 Å². The standard InChI is InChI=1S/C23H23FN4O4S/c1-13-9-14(2)11-17(10-13)25-18(29)12-33-20(26-16-7-5-15(24)6-8-16)19-21(30)27(3)23(32)28(4)22(19)31/h5-11,30H,12H2,1-4H3,(H,25,29). The number of halogens is 1. The third-order valence-electron chi connectivity index (χ3n) is 4.75. The minimum absolute atomic E-state index is 0.0193. The first-order valence-corrected chi connectivity index (χ1v) is 10.9. The predicted octanol–water partition coefficient (Wildman–Crippen LogP) is 3.00. The van der Waals surface area contributed by atoms with Gasteiger partial charge in [0.05, 0.1) is 11.4 Å². The summed E-state index contributed by atoms with van der Waals surface area (Å²) in [5, 5.41) is 13.3. The number of nitrogens with zero attached hydrogens (tertiary/aromatic N) is 3. The van der Waals surface area contributed by atoms with Crippen LogP contribution >= 0.6 is 11.8 Å². The number of thioether (sulfide) groups is 1. The van der Waals surface area contributed by atoms with Crippen molar-refractivity contribution in [1.29, 1.82) is 0 Å². The monoisotopic (exact) mass is 470 g/mol. The van der Waals surface area contributed by atoms with Gasteiger partial charge in [-0.3, -0.25) is 18.7 Å². The van der Waals surface area contributed by atoms with Crippen LogP contribution in [0.15, 0.2) is 57.0 Å². The van der Waals surface area contributed by atoms with Gasteiger partial charge in [0.1, 0.15) is 16.4 Å². The van der Waals surface area contributed by atoms with E-state index in [-0.39, 0.29) is 22.3 Å². The molecule has 10 heteroatoms. The number of amides is 1. The smallest absolute Gasteiger partial charge is 0.333 e. The van der Waals surface area contributed by atoms with Gasteiger partial charge in [-0.15, -0.1) is 0 Å². The van der Waals surface area contributed by atoms with Crippen molar-refractivity contribution in [2.75, 3.05) is 11.1 Å². The number of aromatic hydroxyl groups is 1. The number of carbonyl (C=O) groups excluding carboxylic acids is 1. The second-order valence-corrected chi connectivity index (χ2v) is 8.48. The van der Waals surface area contributed by atoms with Crippen LogP contribution in [0.5, 0.6) is 5.88 Å². The van der Waals surface area contributed by atoms with Crippen molar-refractivity contribution in [2.45, 2.75) is 13.8 Å². The van der Waals surface area contributed by atoms with E-state index >= 15 is 0 Å². The van der Waals surface area contributed by atoms with Crippen molar-refractivity contribution < 1.29 is 14.3 Å². The van der Waals surface area contributed by atoms with E-state index in [2.05, 4.69) is 10.3 Å². The molecule has 1 aromatic heterocycles. The molecule has 172 valence electrons. The van der Waals surface area contributed by atoms with Crippen molar-refractivity contribution in [3.05, 3.63) is 85.8 Å². The molecule has 3 aromatic rings. The van der Waals surface area contributed by atoms with E-state index in [1.54, 1.807) is 0 Å². The fraction of sp³-hybridized carbons (Fsp3) is 0.217. The second kappa shape index (κ2) is 9.86. The highest BCUT2D eigenvalue weighted by Gasteiger charge is 2.22. The molecule has 2 aromatic carbocycles. The minimum atomic E-state index is -0.765. The largest absolute Gasteiger partial charge is 0.494 e. The van der Waals surface area contributed by atoms with E-state index in [0.717, 1.165) is 32.0 Å². The van der Waals surface area contributed by atoms with Crippen molar-refractivity contribution in [2.24, 2.45) is 19.1 Å². The number of aryl methyl sites for hydroxylation is 2. The molecular weight excluding hydrogens is 447 g/mol. The molecule has 0 unspecified atom stereocenters. The number of anilines is 1. The first-order chi connectivity index (χ1) is 15.6. The Hall–Kier alpha value is -3.66.